The van der Waals surface area contributed by atoms with Crippen LogP contribution in [0.25, 0.3) is 0 Å². The molecule has 0 radical (unpaired) electrons. The molecule has 0 saturated heterocycles. The molecule has 1 atom stereocenters. The maximum absolute atomic E-state index is 10.9. The first-order valence-electron chi connectivity index (χ1n) is 5.17. The maximum atomic E-state index is 10.9. The molecule has 4 heteroatoms. The van der Waals surface area contributed by atoms with Crippen molar-refractivity contribution in [2.45, 2.75) is 31.1 Å². The summed E-state index contributed by atoms with van der Waals surface area (Å²) in [4.78, 5) is 10.9. The minimum absolute atomic E-state index is 0.0595. The summed E-state index contributed by atoms with van der Waals surface area (Å²) in [5.41, 5.74) is 6.37. The Bertz CT molecular complexity index is 372. The summed E-state index contributed by atoms with van der Waals surface area (Å²) in [5.74, 6) is -0.0247. The molecular formula is C11H15NO3. The van der Waals surface area contributed by atoms with Gasteiger partial charge >= 0.3 is 5.97 Å². The topological polar surface area (TPSA) is 76.5 Å². The standard InChI is InChI=1S/C11H15NO3/c12-7-11(6-9(13)14)4-1-2-8-3-5-15-10(8)11/h3,5H,1-2,4,6-7,12H2,(H,13,14). The molecule has 1 heterocycles. The summed E-state index contributed by atoms with van der Waals surface area (Å²) in [6, 6.07) is 1.92. The van der Waals surface area contributed by atoms with Crippen LogP contribution in [0.5, 0.6) is 0 Å². The fourth-order valence-electron chi connectivity index (χ4n) is 2.45. The quantitative estimate of drug-likeness (QED) is 0.786. The van der Waals surface area contributed by atoms with Crippen molar-refractivity contribution in [3.63, 3.8) is 0 Å². The second-order valence-corrected chi connectivity index (χ2v) is 4.18. The van der Waals surface area contributed by atoms with Crippen LogP contribution in [0, 0.1) is 0 Å². The predicted molar refractivity (Wildman–Crippen MR) is 54.6 cm³/mol. The zero-order valence-corrected chi connectivity index (χ0v) is 8.53. The van der Waals surface area contributed by atoms with Crippen LogP contribution in [0.3, 0.4) is 0 Å². The van der Waals surface area contributed by atoms with Gasteiger partial charge in [0.05, 0.1) is 18.1 Å². The second kappa shape index (κ2) is 3.70. The second-order valence-electron chi connectivity index (χ2n) is 4.18. The Labute approximate surface area is 88.1 Å². The number of fused-ring (bicyclic) bond motifs is 1. The van der Waals surface area contributed by atoms with Crippen molar-refractivity contribution in [3.8, 4) is 0 Å². The molecule has 1 unspecified atom stereocenters. The summed E-state index contributed by atoms with van der Waals surface area (Å²) in [5, 5.41) is 8.93. The summed E-state index contributed by atoms with van der Waals surface area (Å²) >= 11 is 0. The largest absolute Gasteiger partial charge is 0.481 e. The van der Waals surface area contributed by atoms with E-state index in [0.717, 1.165) is 30.6 Å². The highest BCUT2D eigenvalue weighted by molar-refractivity contribution is 5.69. The third-order valence-electron chi connectivity index (χ3n) is 3.21. The van der Waals surface area contributed by atoms with Crippen LogP contribution in [-0.4, -0.2) is 17.6 Å². The van der Waals surface area contributed by atoms with E-state index in [1.165, 1.54) is 0 Å². The number of aliphatic carboxylic acids is 1. The highest BCUT2D eigenvalue weighted by Gasteiger charge is 2.40. The Kier molecular flexibility index (Phi) is 2.52. The molecule has 0 bridgehead atoms. The lowest BCUT2D eigenvalue weighted by Gasteiger charge is -2.33. The van der Waals surface area contributed by atoms with Gasteiger partial charge in [-0.1, -0.05) is 0 Å². The average molecular weight is 209 g/mol. The highest BCUT2D eigenvalue weighted by Crippen LogP contribution is 2.39. The number of furan rings is 1. The van der Waals surface area contributed by atoms with E-state index >= 15 is 0 Å². The summed E-state index contributed by atoms with van der Waals surface area (Å²) in [6.07, 6.45) is 4.44. The van der Waals surface area contributed by atoms with Gasteiger partial charge in [-0.3, -0.25) is 4.79 Å². The van der Waals surface area contributed by atoms with Crippen LogP contribution in [-0.2, 0) is 16.6 Å². The van der Waals surface area contributed by atoms with Crippen LogP contribution in [0.1, 0.15) is 30.6 Å². The van der Waals surface area contributed by atoms with Gasteiger partial charge in [0.15, 0.2) is 0 Å². The van der Waals surface area contributed by atoms with E-state index in [-0.39, 0.29) is 6.42 Å². The van der Waals surface area contributed by atoms with Gasteiger partial charge in [0.1, 0.15) is 5.76 Å². The van der Waals surface area contributed by atoms with Crippen LogP contribution in [0.4, 0.5) is 0 Å². The van der Waals surface area contributed by atoms with Gasteiger partial charge in [-0.25, -0.2) is 0 Å². The molecule has 4 nitrogen and oxygen atoms in total. The molecule has 2 rings (SSSR count). The SMILES string of the molecule is NCC1(CC(=O)O)CCCc2ccoc21. The maximum Gasteiger partial charge on any atom is 0.304 e. The van der Waals surface area contributed by atoms with Crippen molar-refractivity contribution in [1.29, 1.82) is 0 Å². The minimum atomic E-state index is -0.815. The molecular weight excluding hydrogens is 194 g/mol. The van der Waals surface area contributed by atoms with Gasteiger partial charge in [-0.2, -0.15) is 0 Å². The van der Waals surface area contributed by atoms with Crippen LogP contribution < -0.4 is 5.73 Å². The zero-order valence-electron chi connectivity index (χ0n) is 8.53. The third kappa shape index (κ3) is 1.65. The fraction of sp³-hybridized carbons (Fsp3) is 0.545. The molecule has 82 valence electrons. The Morgan fingerprint density at radius 3 is 3.13 bits per heavy atom. The van der Waals surface area contributed by atoms with Crippen LogP contribution in [0.15, 0.2) is 16.7 Å². The molecule has 0 aromatic carbocycles. The summed E-state index contributed by atoms with van der Waals surface area (Å²) in [6.45, 7) is 0.333. The summed E-state index contributed by atoms with van der Waals surface area (Å²) in [7, 11) is 0. The number of nitrogens with two attached hydrogens (primary N) is 1. The van der Waals surface area contributed by atoms with Gasteiger partial charge in [-0.05, 0) is 30.9 Å². The number of carboxylic acids is 1. The van der Waals surface area contributed by atoms with Gasteiger partial charge < -0.3 is 15.3 Å². The molecule has 1 aliphatic carbocycles. The van der Waals surface area contributed by atoms with E-state index < -0.39 is 11.4 Å². The molecule has 1 aliphatic rings. The number of aryl methyl sites for hydroxylation is 1. The molecule has 0 spiro atoms. The molecule has 0 aliphatic heterocycles. The molecule has 1 aromatic rings. The fourth-order valence-corrected chi connectivity index (χ4v) is 2.45. The molecule has 0 saturated carbocycles. The number of hydrogen-bond donors (Lipinski definition) is 2. The van der Waals surface area contributed by atoms with Crippen molar-refractivity contribution in [2.75, 3.05) is 6.54 Å². The van der Waals surface area contributed by atoms with Gasteiger partial charge in [0.2, 0.25) is 0 Å². The van der Waals surface area contributed by atoms with E-state index in [2.05, 4.69) is 0 Å². The van der Waals surface area contributed by atoms with Crippen molar-refractivity contribution in [2.24, 2.45) is 5.73 Å². The Hall–Kier alpha value is -1.29. The Morgan fingerprint density at radius 2 is 2.47 bits per heavy atom. The smallest absolute Gasteiger partial charge is 0.304 e. The molecule has 15 heavy (non-hydrogen) atoms. The minimum Gasteiger partial charge on any atom is -0.481 e. The Morgan fingerprint density at radius 1 is 1.67 bits per heavy atom. The number of rotatable bonds is 3. The first-order chi connectivity index (χ1) is 7.18. The van der Waals surface area contributed by atoms with E-state index in [1.807, 2.05) is 6.07 Å². The first-order valence-corrected chi connectivity index (χ1v) is 5.17. The van der Waals surface area contributed by atoms with Gasteiger partial charge in [0.25, 0.3) is 0 Å². The van der Waals surface area contributed by atoms with E-state index in [1.54, 1.807) is 6.26 Å². The highest BCUT2D eigenvalue weighted by atomic mass is 16.4. The normalized spacial score (nSPS) is 24.9. The van der Waals surface area contributed by atoms with Crippen LogP contribution >= 0.6 is 0 Å². The molecule has 1 aromatic heterocycles. The molecule has 0 fully saturated rings. The number of hydrogen-bond acceptors (Lipinski definition) is 3. The van der Waals surface area contributed by atoms with Crippen LogP contribution in [0.2, 0.25) is 0 Å². The predicted octanol–water partition coefficient (Wildman–Crippen LogP) is 1.29. The van der Waals surface area contributed by atoms with Gasteiger partial charge in [-0.15, -0.1) is 0 Å². The number of carboxylic acid groups (broad SMARTS) is 1. The van der Waals surface area contributed by atoms with E-state index in [9.17, 15) is 4.79 Å². The zero-order chi connectivity index (χ0) is 10.9. The molecule has 0 amide bonds. The average Bonchev–Trinajstić information content (AvgIpc) is 2.66. The first kappa shape index (κ1) is 10.2. The number of carbonyl (C=O) groups is 1. The Balaban J connectivity index is 2.39. The van der Waals surface area contributed by atoms with Gasteiger partial charge in [0, 0.05) is 6.54 Å². The van der Waals surface area contributed by atoms with Crippen molar-refractivity contribution >= 4 is 5.97 Å². The molecule has 3 N–H and O–H groups in total. The lowest BCUT2D eigenvalue weighted by atomic mass is 9.72. The van der Waals surface area contributed by atoms with Crippen molar-refractivity contribution in [3.05, 3.63) is 23.7 Å². The lowest BCUT2D eigenvalue weighted by molar-refractivity contribution is -0.138. The summed E-state index contributed by atoms with van der Waals surface area (Å²) < 4.78 is 5.42. The van der Waals surface area contributed by atoms with E-state index in [0.29, 0.717) is 6.54 Å². The lowest BCUT2D eigenvalue weighted by Crippen LogP contribution is -2.39. The monoisotopic (exact) mass is 209 g/mol. The third-order valence-corrected chi connectivity index (χ3v) is 3.21. The van der Waals surface area contributed by atoms with Crippen molar-refractivity contribution in [1.82, 2.24) is 0 Å². The van der Waals surface area contributed by atoms with Crippen molar-refractivity contribution < 1.29 is 14.3 Å². The van der Waals surface area contributed by atoms with E-state index in [4.69, 9.17) is 15.3 Å².